The highest BCUT2D eigenvalue weighted by molar-refractivity contribution is 7.89. The Bertz CT molecular complexity index is 1050. The number of nitrogens with one attached hydrogen (secondary N) is 1. The van der Waals surface area contributed by atoms with E-state index in [1.165, 1.54) is 46.8 Å². The Morgan fingerprint density at radius 2 is 1.72 bits per heavy atom. The minimum atomic E-state index is -4.62. The van der Waals surface area contributed by atoms with Gasteiger partial charge in [-0.2, -0.15) is 17.5 Å². The summed E-state index contributed by atoms with van der Waals surface area (Å²) in [4.78, 5) is 12.6. The molecule has 6 nitrogen and oxygen atoms in total. The molecule has 0 aliphatic carbocycles. The lowest BCUT2D eigenvalue weighted by atomic mass is 9.96. The van der Waals surface area contributed by atoms with Crippen LogP contribution in [0.4, 0.5) is 13.2 Å². The van der Waals surface area contributed by atoms with E-state index in [1.54, 1.807) is 0 Å². The third-order valence-corrected chi connectivity index (χ3v) is 7.54. The average Bonchev–Trinajstić information content (AvgIpc) is 2.77. The molecule has 0 aromatic heterocycles. The maximum Gasteiger partial charge on any atom is 0.416 e. The van der Waals surface area contributed by atoms with Crippen molar-refractivity contribution in [1.29, 1.82) is 0 Å². The number of hydrogen-bond donors (Lipinski definition) is 2. The number of amides is 1. The van der Waals surface area contributed by atoms with Gasteiger partial charge in [0.05, 0.1) is 16.6 Å². The first-order chi connectivity index (χ1) is 15.0. The normalized spacial score (nSPS) is 17.2. The fraction of sp³-hybridized carbons (Fsp3) is 0.381. The number of nitrogens with zero attached hydrogens (tertiary/aromatic N) is 1. The fourth-order valence-corrected chi connectivity index (χ4v) is 5.21. The molecule has 1 heterocycles. The maximum absolute atomic E-state index is 13.1. The van der Waals surface area contributed by atoms with E-state index in [0.717, 1.165) is 6.07 Å². The number of carbonyl (C=O) groups excluding carboxylic acids is 1. The van der Waals surface area contributed by atoms with Gasteiger partial charge >= 0.3 is 6.18 Å². The van der Waals surface area contributed by atoms with E-state index in [2.05, 4.69) is 5.32 Å². The van der Waals surface area contributed by atoms with E-state index < -0.39 is 39.7 Å². The molecule has 0 saturated carbocycles. The molecule has 0 radical (unpaired) electrons. The van der Waals surface area contributed by atoms with Crippen LogP contribution in [0.1, 0.15) is 30.1 Å². The average molecular weight is 491 g/mol. The van der Waals surface area contributed by atoms with E-state index in [4.69, 9.17) is 11.6 Å². The molecule has 32 heavy (non-hydrogen) atoms. The Labute approximate surface area is 189 Å². The summed E-state index contributed by atoms with van der Waals surface area (Å²) in [5.41, 5.74) is -1.27. The van der Waals surface area contributed by atoms with Crippen molar-refractivity contribution in [3.05, 3.63) is 64.7 Å². The number of halogens is 4. The van der Waals surface area contributed by atoms with Crippen molar-refractivity contribution in [2.24, 2.45) is 5.92 Å². The van der Waals surface area contributed by atoms with Crippen molar-refractivity contribution in [3.8, 4) is 0 Å². The summed E-state index contributed by atoms with van der Waals surface area (Å²) in [7, 11) is -3.71. The Kier molecular flexibility index (Phi) is 7.49. The van der Waals surface area contributed by atoms with Crippen LogP contribution in [0.15, 0.2) is 53.4 Å². The number of aliphatic hydroxyl groups is 1. The molecule has 1 amide bonds. The second-order valence-corrected chi connectivity index (χ2v) is 9.85. The molecule has 1 aliphatic rings. The largest absolute Gasteiger partial charge is 0.416 e. The molecule has 1 aliphatic heterocycles. The van der Waals surface area contributed by atoms with Crippen LogP contribution in [-0.4, -0.2) is 43.4 Å². The van der Waals surface area contributed by atoms with Crippen molar-refractivity contribution in [2.75, 3.05) is 19.6 Å². The quantitative estimate of drug-likeness (QED) is 0.647. The summed E-state index contributed by atoms with van der Waals surface area (Å²) < 4.78 is 66.1. The molecule has 2 aromatic carbocycles. The van der Waals surface area contributed by atoms with Crippen LogP contribution in [0, 0.1) is 5.92 Å². The van der Waals surface area contributed by atoms with Gasteiger partial charge in [-0.1, -0.05) is 29.8 Å². The molecule has 2 aromatic rings. The van der Waals surface area contributed by atoms with Crippen LogP contribution in [0.2, 0.25) is 5.02 Å². The summed E-state index contributed by atoms with van der Waals surface area (Å²) in [6.45, 7) is -0.125. The summed E-state index contributed by atoms with van der Waals surface area (Å²) >= 11 is 5.80. The lowest BCUT2D eigenvalue weighted by Crippen LogP contribution is -2.43. The molecule has 1 fully saturated rings. The smallest absolute Gasteiger partial charge is 0.387 e. The Morgan fingerprint density at radius 1 is 1.12 bits per heavy atom. The highest BCUT2D eigenvalue weighted by Gasteiger charge is 2.35. The number of aliphatic hydroxyl groups excluding tert-OH is 1. The van der Waals surface area contributed by atoms with E-state index >= 15 is 0 Å². The molecular formula is C21H22ClF3N2O4S. The molecule has 11 heteroatoms. The topological polar surface area (TPSA) is 86.7 Å². The van der Waals surface area contributed by atoms with Crippen LogP contribution < -0.4 is 5.32 Å². The fourth-order valence-electron chi connectivity index (χ4n) is 3.61. The van der Waals surface area contributed by atoms with Crippen molar-refractivity contribution in [2.45, 2.75) is 30.0 Å². The minimum Gasteiger partial charge on any atom is -0.387 e. The summed E-state index contributed by atoms with van der Waals surface area (Å²) in [6.07, 6.45) is -5.63. The van der Waals surface area contributed by atoms with E-state index in [0.29, 0.717) is 5.02 Å². The molecule has 3 rings (SSSR count). The van der Waals surface area contributed by atoms with Gasteiger partial charge in [0.25, 0.3) is 0 Å². The molecule has 2 N–H and O–H groups in total. The predicted molar refractivity (Wildman–Crippen MR) is 112 cm³/mol. The monoisotopic (exact) mass is 490 g/mol. The Balaban J connectivity index is 1.56. The van der Waals surface area contributed by atoms with Crippen LogP contribution in [-0.2, 0) is 21.0 Å². The number of benzene rings is 2. The molecular weight excluding hydrogens is 469 g/mol. The molecule has 174 valence electrons. The summed E-state index contributed by atoms with van der Waals surface area (Å²) in [6, 6.07) is 10.4. The molecule has 1 unspecified atom stereocenters. The Morgan fingerprint density at radius 3 is 2.31 bits per heavy atom. The lowest BCUT2D eigenvalue weighted by molar-refractivity contribution is -0.139. The highest BCUT2D eigenvalue weighted by atomic mass is 35.5. The second-order valence-electron chi connectivity index (χ2n) is 7.48. The number of sulfonamides is 1. The van der Waals surface area contributed by atoms with E-state index in [1.807, 2.05) is 0 Å². The summed E-state index contributed by atoms with van der Waals surface area (Å²) in [5, 5.41) is 13.1. The molecule has 1 saturated heterocycles. The van der Waals surface area contributed by atoms with E-state index in [-0.39, 0.29) is 42.9 Å². The van der Waals surface area contributed by atoms with Gasteiger partial charge in [-0.3, -0.25) is 4.79 Å². The third-order valence-electron chi connectivity index (χ3n) is 5.37. The number of alkyl halides is 3. The van der Waals surface area contributed by atoms with Gasteiger partial charge in [-0.25, -0.2) is 8.42 Å². The first-order valence-electron chi connectivity index (χ1n) is 9.88. The number of hydrogen-bond acceptors (Lipinski definition) is 4. The van der Waals surface area contributed by atoms with Crippen molar-refractivity contribution < 1.29 is 31.5 Å². The third kappa shape index (κ3) is 5.61. The minimum absolute atomic E-state index is 0.108. The van der Waals surface area contributed by atoms with Crippen molar-refractivity contribution in [1.82, 2.24) is 9.62 Å². The van der Waals surface area contributed by atoms with Gasteiger partial charge in [-0.15, -0.1) is 0 Å². The summed E-state index contributed by atoms with van der Waals surface area (Å²) in [5.74, 6) is -0.936. The zero-order chi connectivity index (χ0) is 23.5. The SMILES string of the molecule is O=C(NCC(O)c1ccccc1C(F)(F)F)C1CCN(S(=O)(=O)c2ccc(Cl)cc2)CC1. The number of piperidine rings is 1. The van der Waals surface area contributed by atoms with E-state index in [9.17, 15) is 31.5 Å². The standard InChI is InChI=1S/C21H22ClF3N2O4S/c22-15-5-7-16(8-6-15)32(30,31)27-11-9-14(10-12-27)20(29)26-13-19(28)17-3-1-2-4-18(17)21(23,24)25/h1-8,14,19,28H,9-13H2,(H,26,29). The van der Waals surface area contributed by atoms with Crippen molar-refractivity contribution >= 4 is 27.5 Å². The predicted octanol–water partition coefficient (Wildman–Crippen LogP) is 3.61. The molecule has 0 bridgehead atoms. The Hall–Kier alpha value is -2.14. The molecule has 0 spiro atoms. The van der Waals surface area contributed by atoms with Gasteiger partial charge < -0.3 is 10.4 Å². The van der Waals surface area contributed by atoms with Crippen LogP contribution in [0.5, 0.6) is 0 Å². The first kappa shape index (κ1) is 24.5. The number of carbonyl (C=O) groups is 1. The maximum atomic E-state index is 13.1. The lowest BCUT2D eigenvalue weighted by Gasteiger charge is -2.30. The second kappa shape index (κ2) is 9.78. The van der Waals surface area contributed by atoms with Gasteiger partial charge in [0.2, 0.25) is 15.9 Å². The molecule has 1 atom stereocenters. The first-order valence-corrected chi connectivity index (χ1v) is 11.7. The van der Waals surface area contributed by atoms with Crippen LogP contribution >= 0.6 is 11.6 Å². The van der Waals surface area contributed by atoms with Crippen LogP contribution in [0.3, 0.4) is 0 Å². The van der Waals surface area contributed by atoms with Gasteiger partial charge in [0.1, 0.15) is 0 Å². The number of rotatable bonds is 6. The van der Waals surface area contributed by atoms with Crippen LogP contribution in [0.25, 0.3) is 0 Å². The highest BCUT2D eigenvalue weighted by Crippen LogP contribution is 2.34. The van der Waals surface area contributed by atoms with Crippen molar-refractivity contribution in [3.63, 3.8) is 0 Å². The van der Waals surface area contributed by atoms with Gasteiger partial charge in [-0.05, 0) is 48.7 Å². The zero-order valence-electron chi connectivity index (χ0n) is 16.8. The van der Waals surface area contributed by atoms with Gasteiger partial charge in [0, 0.05) is 30.6 Å². The van der Waals surface area contributed by atoms with Gasteiger partial charge in [0.15, 0.2) is 0 Å². The zero-order valence-corrected chi connectivity index (χ0v) is 18.4.